The molecule has 2 bridgehead atoms. The number of hydrogen-bond donors (Lipinski definition) is 0. The third-order valence-electron chi connectivity index (χ3n) is 3.86. The van der Waals surface area contributed by atoms with E-state index in [4.69, 9.17) is 9.47 Å². The molecule has 0 aliphatic heterocycles. The summed E-state index contributed by atoms with van der Waals surface area (Å²) in [6.07, 6.45) is 4.54. The van der Waals surface area contributed by atoms with Gasteiger partial charge in [-0.05, 0) is 19.3 Å². The molecular formula is C12H13FN2O3. The lowest BCUT2D eigenvalue weighted by Gasteiger charge is -2.67. The summed E-state index contributed by atoms with van der Waals surface area (Å²) in [6, 6.07) is 0.174. The number of ether oxygens (including phenoxy) is 2. The Morgan fingerprint density at radius 2 is 2.00 bits per heavy atom. The van der Waals surface area contributed by atoms with Crippen LogP contribution in [-0.2, 0) is 9.53 Å². The minimum atomic E-state index is -0.488. The number of halogens is 1. The van der Waals surface area contributed by atoms with E-state index >= 15 is 0 Å². The average Bonchev–Trinajstić information content (AvgIpc) is 2.27. The van der Waals surface area contributed by atoms with Gasteiger partial charge in [0.25, 0.3) is 0 Å². The number of carbonyl (C=O) groups is 1. The van der Waals surface area contributed by atoms with E-state index in [0.717, 1.165) is 31.7 Å². The highest BCUT2D eigenvalue weighted by Gasteiger charge is 2.72. The van der Waals surface area contributed by atoms with Crippen LogP contribution in [0.3, 0.4) is 0 Å². The second-order valence-corrected chi connectivity index (χ2v) is 5.27. The Labute approximate surface area is 103 Å². The minimum Gasteiger partial charge on any atom is -0.469 e. The molecule has 3 aliphatic carbocycles. The summed E-state index contributed by atoms with van der Waals surface area (Å²) < 4.78 is 22.8. The van der Waals surface area contributed by atoms with Crippen molar-refractivity contribution in [3.63, 3.8) is 0 Å². The molecule has 18 heavy (non-hydrogen) atoms. The van der Waals surface area contributed by atoms with E-state index in [1.165, 1.54) is 7.11 Å². The molecule has 1 aromatic rings. The molecule has 6 heteroatoms. The van der Waals surface area contributed by atoms with Crippen molar-refractivity contribution in [1.82, 2.24) is 9.97 Å². The molecular weight excluding hydrogens is 239 g/mol. The zero-order valence-corrected chi connectivity index (χ0v) is 9.98. The van der Waals surface area contributed by atoms with Crippen molar-refractivity contribution in [3.8, 4) is 6.01 Å². The Balaban J connectivity index is 1.53. The van der Waals surface area contributed by atoms with Crippen LogP contribution in [0.5, 0.6) is 6.01 Å². The van der Waals surface area contributed by atoms with Crippen LogP contribution >= 0.6 is 0 Å². The monoisotopic (exact) mass is 252 g/mol. The maximum atomic E-state index is 12.6. The molecule has 0 radical (unpaired) electrons. The Bertz CT molecular complexity index is 469. The van der Waals surface area contributed by atoms with E-state index in [2.05, 4.69) is 9.97 Å². The van der Waals surface area contributed by atoms with Gasteiger partial charge in [0.2, 0.25) is 0 Å². The van der Waals surface area contributed by atoms with Gasteiger partial charge in [-0.2, -0.15) is 0 Å². The zero-order valence-electron chi connectivity index (χ0n) is 9.98. The quantitative estimate of drug-likeness (QED) is 0.757. The molecule has 96 valence electrons. The average molecular weight is 252 g/mol. The summed E-state index contributed by atoms with van der Waals surface area (Å²) in [5, 5.41) is 0. The molecule has 1 aromatic heterocycles. The van der Waals surface area contributed by atoms with E-state index in [-0.39, 0.29) is 22.8 Å². The lowest BCUT2D eigenvalue weighted by Crippen LogP contribution is -2.67. The zero-order chi connectivity index (χ0) is 12.8. The van der Waals surface area contributed by atoms with Gasteiger partial charge in [0.1, 0.15) is 0 Å². The first-order valence-electron chi connectivity index (χ1n) is 5.76. The first-order valence-corrected chi connectivity index (χ1v) is 5.76. The number of esters is 1. The van der Waals surface area contributed by atoms with Crippen LogP contribution in [0.4, 0.5) is 4.39 Å². The lowest BCUT2D eigenvalue weighted by molar-refractivity contribution is -0.234. The van der Waals surface area contributed by atoms with Gasteiger partial charge in [-0.3, -0.25) is 4.79 Å². The smallest absolute Gasteiger partial charge is 0.316 e. The van der Waals surface area contributed by atoms with Crippen molar-refractivity contribution in [2.45, 2.75) is 19.3 Å². The van der Waals surface area contributed by atoms with Gasteiger partial charge in [-0.15, -0.1) is 0 Å². The van der Waals surface area contributed by atoms with Crippen molar-refractivity contribution in [2.75, 3.05) is 13.7 Å². The van der Waals surface area contributed by atoms with Crippen molar-refractivity contribution in [2.24, 2.45) is 10.8 Å². The molecule has 0 unspecified atom stereocenters. The van der Waals surface area contributed by atoms with Crippen molar-refractivity contribution < 1.29 is 18.7 Å². The predicted molar refractivity (Wildman–Crippen MR) is 58.2 cm³/mol. The predicted octanol–water partition coefficient (Wildman–Crippen LogP) is 1.34. The van der Waals surface area contributed by atoms with E-state index in [0.29, 0.717) is 6.61 Å². The molecule has 3 saturated carbocycles. The highest BCUT2D eigenvalue weighted by Crippen LogP contribution is 2.73. The van der Waals surface area contributed by atoms with Gasteiger partial charge in [0.05, 0.1) is 31.5 Å². The summed E-state index contributed by atoms with van der Waals surface area (Å²) in [5.74, 6) is -0.611. The summed E-state index contributed by atoms with van der Waals surface area (Å²) in [6.45, 7) is 0.470. The summed E-state index contributed by atoms with van der Waals surface area (Å²) in [5.41, 5.74) is -0.201. The second-order valence-electron chi connectivity index (χ2n) is 5.27. The molecule has 1 heterocycles. The van der Waals surface area contributed by atoms with E-state index < -0.39 is 5.82 Å². The molecule has 4 rings (SSSR count). The van der Waals surface area contributed by atoms with Gasteiger partial charge in [0, 0.05) is 5.41 Å². The fourth-order valence-corrected chi connectivity index (χ4v) is 3.18. The van der Waals surface area contributed by atoms with Crippen molar-refractivity contribution in [1.29, 1.82) is 0 Å². The van der Waals surface area contributed by atoms with Crippen molar-refractivity contribution >= 4 is 5.97 Å². The van der Waals surface area contributed by atoms with Crippen LogP contribution < -0.4 is 4.74 Å². The number of aromatic nitrogens is 2. The Kier molecular flexibility index (Phi) is 2.30. The van der Waals surface area contributed by atoms with E-state index in [1.54, 1.807) is 0 Å². The third-order valence-corrected chi connectivity index (χ3v) is 3.86. The van der Waals surface area contributed by atoms with Crippen LogP contribution in [0, 0.1) is 16.6 Å². The highest BCUT2D eigenvalue weighted by molar-refractivity contribution is 5.81. The lowest BCUT2D eigenvalue weighted by atomic mass is 9.35. The minimum absolute atomic E-state index is 0.0614. The maximum Gasteiger partial charge on any atom is 0.316 e. The number of rotatable bonds is 4. The number of hydrogen-bond acceptors (Lipinski definition) is 5. The number of methoxy groups -OCH3 is 1. The molecule has 0 saturated heterocycles. The number of carbonyl (C=O) groups excluding carboxylic acids is 1. The largest absolute Gasteiger partial charge is 0.469 e. The molecule has 0 N–H and O–H groups in total. The fourth-order valence-electron chi connectivity index (χ4n) is 3.18. The first kappa shape index (κ1) is 11.4. The molecule has 0 aromatic carbocycles. The maximum absolute atomic E-state index is 12.6. The van der Waals surface area contributed by atoms with Gasteiger partial charge in [0.15, 0.2) is 5.82 Å². The molecule has 3 fully saturated rings. The molecule has 0 amide bonds. The normalized spacial score (nSPS) is 32.1. The Morgan fingerprint density at radius 1 is 1.39 bits per heavy atom. The topological polar surface area (TPSA) is 61.3 Å². The van der Waals surface area contributed by atoms with Crippen LogP contribution in [0.1, 0.15) is 19.3 Å². The molecule has 3 aliphatic rings. The second kappa shape index (κ2) is 3.63. The van der Waals surface area contributed by atoms with Crippen molar-refractivity contribution in [3.05, 3.63) is 18.2 Å². The molecule has 5 nitrogen and oxygen atoms in total. The van der Waals surface area contributed by atoms with Crippen LogP contribution in [0.2, 0.25) is 0 Å². The van der Waals surface area contributed by atoms with Crippen LogP contribution in [0.15, 0.2) is 12.4 Å². The van der Waals surface area contributed by atoms with Gasteiger partial charge < -0.3 is 9.47 Å². The number of nitrogens with zero attached hydrogens (tertiary/aromatic N) is 2. The summed E-state index contributed by atoms with van der Waals surface area (Å²) in [4.78, 5) is 18.9. The Morgan fingerprint density at radius 3 is 2.56 bits per heavy atom. The SMILES string of the molecule is COC(=O)C12CC(COc3ncc(F)cn3)(C1)C2. The van der Waals surface area contributed by atoms with Gasteiger partial charge >= 0.3 is 12.0 Å². The third kappa shape index (κ3) is 1.55. The molecule has 0 atom stereocenters. The first-order chi connectivity index (χ1) is 8.57. The standard InChI is InChI=1S/C12H13FN2O3/c1-17-9(16)12-4-11(5-12,6-12)7-18-10-14-2-8(13)3-15-10/h2-3H,4-7H2,1H3. The fraction of sp³-hybridized carbons (Fsp3) is 0.583. The summed E-state index contributed by atoms with van der Waals surface area (Å²) >= 11 is 0. The summed E-state index contributed by atoms with van der Waals surface area (Å²) in [7, 11) is 1.41. The van der Waals surface area contributed by atoms with E-state index in [9.17, 15) is 9.18 Å². The Hall–Kier alpha value is -1.72. The van der Waals surface area contributed by atoms with E-state index in [1.807, 2.05) is 0 Å². The van der Waals surface area contributed by atoms with Gasteiger partial charge in [-0.25, -0.2) is 14.4 Å². The van der Waals surface area contributed by atoms with Gasteiger partial charge in [-0.1, -0.05) is 0 Å². The van der Waals surface area contributed by atoms with Crippen LogP contribution in [0.25, 0.3) is 0 Å². The van der Waals surface area contributed by atoms with Crippen LogP contribution in [-0.4, -0.2) is 29.7 Å². The molecule has 0 spiro atoms. The highest BCUT2D eigenvalue weighted by atomic mass is 19.1.